The first kappa shape index (κ1) is 23.4. The van der Waals surface area contributed by atoms with Gasteiger partial charge in [0.05, 0.1) is 0 Å². The third-order valence-electron chi connectivity index (χ3n) is 5.55. The number of piperazine rings is 1. The smallest absolute Gasteiger partial charge is 0.319 e. The summed E-state index contributed by atoms with van der Waals surface area (Å²) in [5, 5.41) is 5.74. The molecule has 4 rings (SSSR count). The number of halogens is 1. The summed E-state index contributed by atoms with van der Waals surface area (Å²) >= 11 is 0. The van der Waals surface area contributed by atoms with Crippen LogP contribution < -0.4 is 20.3 Å². The van der Waals surface area contributed by atoms with E-state index >= 15 is 0 Å². The van der Waals surface area contributed by atoms with Crippen molar-refractivity contribution in [1.29, 1.82) is 0 Å². The van der Waals surface area contributed by atoms with Crippen molar-refractivity contribution in [3.63, 3.8) is 0 Å². The van der Waals surface area contributed by atoms with Crippen molar-refractivity contribution in [2.24, 2.45) is 0 Å². The number of urea groups is 1. The van der Waals surface area contributed by atoms with Gasteiger partial charge in [0.2, 0.25) is 5.95 Å². The predicted octanol–water partition coefficient (Wildman–Crippen LogP) is 3.53. The molecule has 1 aromatic heterocycles. The number of carbonyl (C=O) groups is 1. The van der Waals surface area contributed by atoms with E-state index in [1.807, 2.05) is 18.2 Å². The molecule has 2 N–H and O–H groups in total. The van der Waals surface area contributed by atoms with Crippen molar-refractivity contribution >= 4 is 17.7 Å². The van der Waals surface area contributed by atoms with E-state index in [-0.39, 0.29) is 11.8 Å². The van der Waals surface area contributed by atoms with Crippen LogP contribution in [0.5, 0.6) is 5.75 Å². The molecule has 0 spiro atoms. The van der Waals surface area contributed by atoms with Crippen molar-refractivity contribution in [3.05, 3.63) is 78.4 Å². The number of hydrogen-bond donors (Lipinski definition) is 2. The Labute approximate surface area is 198 Å². The maximum atomic E-state index is 13.0. The van der Waals surface area contributed by atoms with Crippen LogP contribution in [0.3, 0.4) is 0 Å². The normalized spacial score (nSPS) is 14.0. The van der Waals surface area contributed by atoms with Crippen LogP contribution in [0.15, 0.2) is 67.0 Å². The Balaban J connectivity index is 1.12. The van der Waals surface area contributed by atoms with Crippen LogP contribution >= 0.6 is 0 Å². The van der Waals surface area contributed by atoms with E-state index in [1.54, 1.807) is 36.7 Å². The first-order chi connectivity index (χ1) is 16.7. The van der Waals surface area contributed by atoms with E-state index in [9.17, 15) is 9.18 Å². The molecule has 0 radical (unpaired) electrons. The van der Waals surface area contributed by atoms with Gasteiger partial charge in [0.25, 0.3) is 0 Å². The lowest BCUT2D eigenvalue weighted by molar-refractivity contribution is 0.244. The van der Waals surface area contributed by atoms with Crippen molar-refractivity contribution in [2.45, 2.75) is 13.0 Å². The second-order valence-electron chi connectivity index (χ2n) is 8.05. The Morgan fingerprint density at radius 2 is 1.76 bits per heavy atom. The van der Waals surface area contributed by atoms with Gasteiger partial charge in [0.1, 0.15) is 18.2 Å². The average molecular weight is 465 g/mol. The summed E-state index contributed by atoms with van der Waals surface area (Å²) in [6, 6.07) is 14.9. The highest BCUT2D eigenvalue weighted by molar-refractivity contribution is 5.89. The number of hydrogen-bond acceptors (Lipinski definition) is 6. The molecular weight excluding hydrogens is 435 g/mol. The number of ether oxygens (including phenoxy) is 1. The maximum absolute atomic E-state index is 13.0. The minimum Gasteiger partial charge on any atom is -0.489 e. The fourth-order valence-electron chi connectivity index (χ4n) is 3.72. The fraction of sp³-hybridized carbons (Fsp3) is 0.320. The third kappa shape index (κ3) is 7.14. The zero-order valence-electron chi connectivity index (χ0n) is 19.0. The zero-order chi connectivity index (χ0) is 23.6. The highest BCUT2D eigenvalue weighted by Crippen LogP contribution is 2.19. The van der Waals surface area contributed by atoms with Crippen LogP contribution in [-0.2, 0) is 6.61 Å². The first-order valence-corrected chi connectivity index (χ1v) is 11.4. The molecule has 3 aromatic rings. The molecule has 0 unspecified atom stereocenters. The Morgan fingerprint density at radius 1 is 1.00 bits per heavy atom. The number of amides is 2. The number of carbonyl (C=O) groups excluding carboxylic acids is 1. The van der Waals surface area contributed by atoms with Crippen LogP contribution in [0, 0.1) is 5.82 Å². The van der Waals surface area contributed by atoms with Crippen molar-refractivity contribution in [1.82, 2.24) is 20.2 Å². The minimum absolute atomic E-state index is 0.248. The molecule has 1 aliphatic rings. The highest BCUT2D eigenvalue weighted by atomic mass is 19.1. The van der Waals surface area contributed by atoms with Gasteiger partial charge in [-0.15, -0.1) is 0 Å². The first-order valence-electron chi connectivity index (χ1n) is 11.4. The number of aromatic nitrogens is 2. The summed E-state index contributed by atoms with van der Waals surface area (Å²) in [4.78, 5) is 25.5. The third-order valence-corrected chi connectivity index (χ3v) is 5.55. The van der Waals surface area contributed by atoms with E-state index in [1.165, 1.54) is 12.1 Å². The Kier molecular flexibility index (Phi) is 8.23. The van der Waals surface area contributed by atoms with Gasteiger partial charge in [-0.2, -0.15) is 0 Å². The Hall–Kier alpha value is -3.72. The van der Waals surface area contributed by atoms with Crippen molar-refractivity contribution in [2.75, 3.05) is 49.5 Å². The standard InChI is InChI=1S/C25H29FN6O2/c26-21-8-6-20(7-9-21)19-34-23-5-1-4-22(18-23)30-25(33)29-12-3-13-31-14-16-32(17-15-31)24-27-10-2-11-28-24/h1-2,4-11,18H,3,12-17,19H2,(H2,29,30,33). The molecule has 0 aliphatic carbocycles. The number of nitrogens with one attached hydrogen (secondary N) is 2. The minimum atomic E-state index is -0.276. The lowest BCUT2D eigenvalue weighted by atomic mass is 10.2. The molecule has 9 heteroatoms. The summed E-state index contributed by atoms with van der Waals surface area (Å²) in [5.41, 5.74) is 1.51. The molecular formula is C25H29FN6O2. The van der Waals surface area contributed by atoms with Gasteiger partial charge >= 0.3 is 6.03 Å². The van der Waals surface area contributed by atoms with E-state index in [2.05, 4.69) is 30.4 Å². The van der Waals surface area contributed by atoms with Crippen LogP contribution in [0.1, 0.15) is 12.0 Å². The van der Waals surface area contributed by atoms with Crippen LogP contribution in [-0.4, -0.2) is 60.2 Å². The number of anilines is 2. The molecule has 0 atom stereocenters. The summed E-state index contributed by atoms with van der Waals surface area (Å²) < 4.78 is 18.8. The molecule has 8 nitrogen and oxygen atoms in total. The predicted molar refractivity (Wildman–Crippen MR) is 129 cm³/mol. The van der Waals surface area contributed by atoms with E-state index in [0.717, 1.165) is 50.7 Å². The average Bonchev–Trinajstić information content (AvgIpc) is 2.87. The SMILES string of the molecule is O=C(NCCCN1CCN(c2ncccn2)CC1)Nc1cccc(OCc2ccc(F)cc2)c1. The molecule has 2 amide bonds. The maximum Gasteiger partial charge on any atom is 0.319 e. The monoisotopic (exact) mass is 464 g/mol. The topological polar surface area (TPSA) is 82.6 Å². The fourth-order valence-corrected chi connectivity index (χ4v) is 3.72. The molecule has 1 saturated heterocycles. The van der Waals surface area contributed by atoms with Gasteiger partial charge in [-0.1, -0.05) is 18.2 Å². The molecule has 1 fully saturated rings. The largest absolute Gasteiger partial charge is 0.489 e. The molecule has 34 heavy (non-hydrogen) atoms. The van der Waals surface area contributed by atoms with E-state index < -0.39 is 0 Å². The van der Waals surface area contributed by atoms with Crippen molar-refractivity contribution in [3.8, 4) is 5.75 Å². The highest BCUT2D eigenvalue weighted by Gasteiger charge is 2.18. The van der Waals surface area contributed by atoms with Gasteiger partial charge in [0.15, 0.2) is 0 Å². The summed E-state index contributed by atoms with van der Waals surface area (Å²) in [6.45, 7) is 5.55. The number of benzene rings is 2. The molecule has 178 valence electrons. The summed E-state index contributed by atoms with van der Waals surface area (Å²) in [7, 11) is 0. The zero-order valence-corrected chi connectivity index (χ0v) is 19.0. The lowest BCUT2D eigenvalue weighted by Crippen LogP contribution is -2.47. The summed E-state index contributed by atoms with van der Waals surface area (Å²) in [6.07, 6.45) is 4.40. The molecule has 2 heterocycles. The van der Waals surface area contributed by atoms with Gasteiger partial charge in [-0.3, -0.25) is 4.90 Å². The van der Waals surface area contributed by atoms with Crippen LogP contribution in [0.4, 0.5) is 20.8 Å². The van der Waals surface area contributed by atoms with Crippen molar-refractivity contribution < 1.29 is 13.9 Å². The quantitative estimate of drug-likeness (QED) is 0.472. The Morgan fingerprint density at radius 3 is 2.53 bits per heavy atom. The van der Waals surface area contributed by atoms with Crippen LogP contribution in [0.25, 0.3) is 0 Å². The molecule has 0 bridgehead atoms. The summed E-state index contributed by atoms with van der Waals surface area (Å²) in [5.74, 6) is 1.13. The second kappa shape index (κ2) is 11.9. The van der Waals surface area contributed by atoms with Crippen LogP contribution in [0.2, 0.25) is 0 Å². The van der Waals surface area contributed by atoms with Gasteiger partial charge in [0, 0.05) is 56.9 Å². The second-order valence-corrected chi connectivity index (χ2v) is 8.05. The molecule has 0 saturated carbocycles. The van der Waals surface area contributed by atoms with E-state index in [0.29, 0.717) is 24.6 Å². The number of rotatable bonds is 9. The van der Waals surface area contributed by atoms with Gasteiger partial charge < -0.3 is 20.3 Å². The van der Waals surface area contributed by atoms with Gasteiger partial charge in [-0.05, 0) is 48.9 Å². The van der Waals surface area contributed by atoms with Gasteiger partial charge in [-0.25, -0.2) is 19.2 Å². The lowest BCUT2D eigenvalue weighted by Gasteiger charge is -2.34. The Bertz CT molecular complexity index is 1040. The molecule has 2 aromatic carbocycles. The van der Waals surface area contributed by atoms with E-state index in [4.69, 9.17) is 4.74 Å². The molecule has 1 aliphatic heterocycles. The number of nitrogens with zero attached hydrogens (tertiary/aromatic N) is 4.